The zero-order valence-corrected chi connectivity index (χ0v) is 10.2. The Balaban J connectivity index is 1.93. The fourth-order valence-corrected chi connectivity index (χ4v) is 2.53. The Morgan fingerprint density at radius 2 is 2.25 bits per heavy atom. The Hall–Kier alpha value is -1.16. The van der Waals surface area contributed by atoms with Crippen LogP contribution in [0.5, 0.6) is 0 Å². The molecule has 4 heteroatoms. The first kappa shape index (κ1) is 11.3. The number of para-hydroxylation sites is 1. The number of hydrogen-bond acceptors (Lipinski definition) is 3. The fourth-order valence-electron chi connectivity index (χ4n) is 1.58. The van der Waals surface area contributed by atoms with Crippen molar-refractivity contribution in [2.45, 2.75) is 18.2 Å². The molecule has 1 aliphatic heterocycles. The van der Waals surface area contributed by atoms with Gasteiger partial charge in [-0.15, -0.1) is 11.8 Å². The molecule has 2 N–H and O–H groups in total. The lowest BCUT2D eigenvalue weighted by Gasteiger charge is -2.30. The van der Waals surface area contributed by atoms with Crippen LogP contribution in [0.15, 0.2) is 23.1 Å². The number of carbonyl (C=O) groups is 1. The first-order chi connectivity index (χ1) is 7.68. The molecule has 1 aromatic carbocycles. The minimum atomic E-state index is 0.220. The van der Waals surface area contributed by atoms with E-state index in [2.05, 4.69) is 0 Å². The van der Waals surface area contributed by atoms with Gasteiger partial charge in [0.2, 0.25) is 5.91 Å². The molecule has 0 aromatic heterocycles. The highest BCUT2D eigenvalue weighted by Gasteiger charge is 2.20. The third-order valence-corrected chi connectivity index (χ3v) is 3.90. The van der Waals surface area contributed by atoms with Crippen LogP contribution in [-0.2, 0) is 4.79 Å². The largest absolute Gasteiger partial charge is 0.398 e. The van der Waals surface area contributed by atoms with Gasteiger partial charge in [0.15, 0.2) is 0 Å². The molecule has 0 atom stereocenters. The number of nitrogens with two attached hydrogens (primary N) is 1. The standard InChI is InChI=1S/C12H16N2OS/c1-9-4-2-5-10(12(9)13)16-8-11(15)14-6-3-7-14/h2,4-5H,3,6-8,13H2,1H3. The third-order valence-electron chi connectivity index (χ3n) is 2.84. The van der Waals surface area contributed by atoms with Gasteiger partial charge in [-0.25, -0.2) is 0 Å². The Labute approximate surface area is 100.0 Å². The summed E-state index contributed by atoms with van der Waals surface area (Å²) in [4.78, 5) is 14.6. The van der Waals surface area contributed by atoms with Crippen LogP contribution >= 0.6 is 11.8 Å². The van der Waals surface area contributed by atoms with Gasteiger partial charge >= 0.3 is 0 Å². The van der Waals surface area contributed by atoms with Crippen LogP contribution in [0.3, 0.4) is 0 Å². The Bertz CT molecular complexity index is 402. The lowest BCUT2D eigenvalue weighted by molar-refractivity contribution is -0.131. The predicted molar refractivity (Wildman–Crippen MR) is 67.5 cm³/mol. The van der Waals surface area contributed by atoms with E-state index in [0.717, 1.165) is 35.7 Å². The molecule has 3 nitrogen and oxygen atoms in total. The van der Waals surface area contributed by atoms with Crippen LogP contribution in [-0.4, -0.2) is 29.6 Å². The van der Waals surface area contributed by atoms with Crippen molar-refractivity contribution in [2.75, 3.05) is 24.6 Å². The lowest BCUT2D eigenvalue weighted by atomic mass is 10.2. The Morgan fingerprint density at radius 1 is 1.50 bits per heavy atom. The molecule has 0 aliphatic carbocycles. The monoisotopic (exact) mass is 236 g/mol. The van der Waals surface area contributed by atoms with E-state index in [0.29, 0.717) is 5.75 Å². The van der Waals surface area contributed by atoms with Crippen molar-refractivity contribution in [2.24, 2.45) is 0 Å². The van der Waals surface area contributed by atoms with E-state index in [1.807, 2.05) is 30.0 Å². The summed E-state index contributed by atoms with van der Waals surface area (Å²) < 4.78 is 0. The van der Waals surface area contributed by atoms with Gasteiger partial charge in [-0.05, 0) is 25.0 Å². The van der Waals surface area contributed by atoms with E-state index in [9.17, 15) is 4.79 Å². The number of amides is 1. The van der Waals surface area contributed by atoms with E-state index in [1.54, 1.807) is 0 Å². The SMILES string of the molecule is Cc1cccc(SCC(=O)N2CCC2)c1N. The lowest BCUT2D eigenvalue weighted by Crippen LogP contribution is -2.43. The van der Waals surface area contributed by atoms with E-state index in [-0.39, 0.29) is 5.91 Å². The first-order valence-corrected chi connectivity index (χ1v) is 6.42. The molecular weight excluding hydrogens is 220 g/mol. The molecule has 1 aromatic rings. The smallest absolute Gasteiger partial charge is 0.232 e. The number of rotatable bonds is 3. The van der Waals surface area contributed by atoms with Crippen LogP contribution in [0.1, 0.15) is 12.0 Å². The molecule has 0 saturated carbocycles. The molecule has 1 amide bonds. The van der Waals surface area contributed by atoms with Crippen molar-refractivity contribution in [1.29, 1.82) is 0 Å². The first-order valence-electron chi connectivity index (χ1n) is 5.44. The molecule has 2 rings (SSSR count). The number of carbonyl (C=O) groups excluding carboxylic acids is 1. The van der Waals surface area contributed by atoms with E-state index in [4.69, 9.17) is 5.73 Å². The average Bonchev–Trinajstić information content (AvgIpc) is 2.18. The fraction of sp³-hybridized carbons (Fsp3) is 0.417. The second-order valence-electron chi connectivity index (χ2n) is 4.01. The number of anilines is 1. The number of thioether (sulfide) groups is 1. The summed E-state index contributed by atoms with van der Waals surface area (Å²) in [6, 6.07) is 5.93. The number of likely N-dealkylation sites (tertiary alicyclic amines) is 1. The Morgan fingerprint density at radius 3 is 2.88 bits per heavy atom. The molecule has 16 heavy (non-hydrogen) atoms. The molecule has 1 saturated heterocycles. The summed E-state index contributed by atoms with van der Waals surface area (Å²) in [6.07, 6.45) is 1.14. The summed E-state index contributed by atoms with van der Waals surface area (Å²) in [5.74, 6) is 0.713. The third kappa shape index (κ3) is 2.32. The topological polar surface area (TPSA) is 46.3 Å². The molecule has 1 aliphatic rings. The minimum Gasteiger partial charge on any atom is -0.398 e. The number of benzene rings is 1. The minimum absolute atomic E-state index is 0.220. The summed E-state index contributed by atoms with van der Waals surface area (Å²) in [5.41, 5.74) is 7.81. The number of aryl methyl sites for hydroxylation is 1. The van der Waals surface area contributed by atoms with Crippen molar-refractivity contribution in [3.05, 3.63) is 23.8 Å². The maximum absolute atomic E-state index is 11.7. The molecule has 0 bridgehead atoms. The van der Waals surface area contributed by atoms with Crippen LogP contribution < -0.4 is 5.73 Å². The quantitative estimate of drug-likeness (QED) is 0.644. The average molecular weight is 236 g/mol. The molecule has 0 radical (unpaired) electrons. The second kappa shape index (κ2) is 4.78. The highest BCUT2D eigenvalue weighted by Crippen LogP contribution is 2.27. The van der Waals surface area contributed by atoms with Crippen LogP contribution in [0.25, 0.3) is 0 Å². The molecule has 1 fully saturated rings. The summed E-state index contributed by atoms with van der Waals surface area (Å²) in [5, 5.41) is 0. The van der Waals surface area contributed by atoms with Gasteiger partial charge < -0.3 is 10.6 Å². The van der Waals surface area contributed by atoms with Gasteiger partial charge in [0, 0.05) is 23.7 Å². The number of nitrogen functional groups attached to an aromatic ring is 1. The van der Waals surface area contributed by atoms with Crippen molar-refractivity contribution < 1.29 is 4.79 Å². The van der Waals surface area contributed by atoms with Gasteiger partial charge in [-0.3, -0.25) is 4.79 Å². The van der Waals surface area contributed by atoms with Gasteiger partial charge in [0.1, 0.15) is 0 Å². The van der Waals surface area contributed by atoms with Gasteiger partial charge in [0.05, 0.1) is 5.75 Å². The Kier molecular flexibility index (Phi) is 3.39. The van der Waals surface area contributed by atoms with E-state index < -0.39 is 0 Å². The van der Waals surface area contributed by atoms with Crippen molar-refractivity contribution in [1.82, 2.24) is 4.90 Å². The zero-order chi connectivity index (χ0) is 11.5. The summed E-state index contributed by atoms with van der Waals surface area (Å²) in [6.45, 7) is 3.82. The van der Waals surface area contributed by atoms with Crippen LogP contribution in [0.4, 0.5) is 5.69 Å². The molecular formula is C12H16N2OS. The number of nitrogens with zero attached hydrogens (tertiary/aromatic N) is 1. The summed E-state index contributed by atoms with van der Waals surface area (Å²) in [7, 11) is 0. The predicted octanol–water partition coefficient (Wildman–Crippen LogP) is 1.90. The van der Waals surface area contributed by atoms with Crippen LogP contribution in [0, 0.1) is 6.92 Å². The highest BCUT2D eigenvalue weighted by molar-refractivity contribution is 8.00. The highest BCUT2D eigenvalue weighted by atomic mass is 32.2. The maximum atomic E-state index is 11.7. The normalized spacial score (nSPS) is 14.7. The molecule has 86 valence electrons. The second-order valence-corrected chi connectivity index (χ2v) is 5.03. The molecule has 1 heterocycles. The van der Waals surface area contributed by atoms with E-state index >= 15 is 0 Å². The van der Waals surface area contributed by atoms with Crippen molar-refractivity contribution in [3.8, 4) is 0 Å². The van der Waals surface area contributed by atoms with Crippen LogP contribution in [0.2, 0.25) is 0 Å². The molecule has 0 unspecified atom stereocenters. The van der Waals surface area contributed by atoms with Gasteiger partial charge in [-0.2, -0.15) is 0 Å². The summed E-state index contributed by atoms with van der Waals surface area (Å²) >= 11 is 1.53. The zero-order valence-electron chi connectivity index (χ0n) is 9.40. The van der Waals surface area contributed by atoms with E-state index in [1.165, 1.54) is 11.8 Å². The maximum Gasteiger partial charge on any atom is 0.232 e. The van der Waals surface area contributed by atoms with Gasteiger partial charge in [0.25, 0.3) is 0 Å². The van der Waals surface area contributed by atoms with Gasteiger partial charge in [-0.1, -0.05) is 12.1 Å². The number of hydrogen-bond donors (Lipinski definition) is 1. The van der Waals surface area contributed by atoms with Crippen molar-refractivity contribution in [3.63, 3.8) is 0 Å². The molecule has 0 spiro atoms. The van der Waals surface area contributed by atoms with Crippen molar-refractivity contribution >= 4 is 23.4 Å².